The second-order valence-electron chi connectivity index (χ2n) is 8.52. The second-order valence-corrected chi connectivity index (χ2v) is 8.52. The van der Waals surface area contributed by atoms with E-state index in [1.54, 1.807) is 0 Å². The number of carboxylic acids is 3. The summed E-state index contributed by atoms with van der Waals surface area (Å²) in [4.78, 5) is 33.0. The molecule has 0 bridgehead atoms. The zero-order valence-electron chi connectivity index (χ0n) is 19.4. The number of carbonyl (C=O) groups is 3. The van der Waals surface area contributed by atoms with Gasteiger partial charge in [0, 0.05) is 12.4 Å². The highest BCUT2D eigenvalue weighted by atomic mass is 16.4. The summed E-state index contributed by atoms with van der Waals surface area (Å²) in [6.45, 7) is 3.51. The molecule has 0 saturated carbocycles. The molecule has 0 aliphatic heterocycles. The van der Waals surface area contributed by atoms with Gasteiger partial charge in [0.15, 0.2) is 0 Å². The fourth-order valence-corrected chi connectivity index (χ4v) is 3.83. The van der Waals surface area contributed by atoms with Crippen LogP contribution in [0.5, 0.6) is 0 Å². The molecule has 0 heterocycles. The van der Waals surface area contributed by atoms with Crippen LogP contribution in [0.25, 0.3) is 0 Å². The summed E-state index contributed by atoms with van der Waals surface area (Å²) in [6, 6.07) is 0. The van der Waals surface area contributed by atoms with Crippen LogP contribution < -0.4 is 5.11 Å². The Morgan fingerprint density at radius 2 is 1.13 bits per heavy atom. The van der Waals surface area contributed by atoms with E-state index in [1.807, 2.05) is 0 Å². The molecule has 0 radical (unpaired) electrons. The van der Waals surface area contributed by atoms with E-state index in [9.17, 15) is 19.5 Å². The largest absolute Gasteiger partial charge is 0.550 e. The summed E-state index contributed by atoms with van der Waals surface area (Å²) in [5.41, 5.74) is 0. The van der Waals surface area contributed by atoms with E-state index in [0.717, 1.165) is 32.1 Å². The van der Waals surface area contributed by atoms with Crippen molar-refractivity contribution in [1.29, 1.82) is 0 Å². The molecule has 0 rings (SSSR count). The first kappa shape index (κ1) is 29.1. The molecule has 31 heavy (non-hydrogen) atoms. The molecule has 7 nitrogen and oxygen atoms in total. The third kappa shape index (κ3) is 18.6. The van der Waals surface area contributed by atoms with Gasteiger partial charge in [0.25, 0.3) is 0 Å². The molecule has 0 saturated heterocycles. The fourth-order valence-electron chi connectivity index (χ4n) is 3.83. The first-order chi connectivity index (χ1) is 14.8. The molecule has 0 fully saturated rings. The van der Waals surface area contributed by atoms with Crippen molar-refractivity contribution in [3.05, 3.63) is 12.2 Å². The molecule has 0 unspecified atom stereocenters. The standard InChI is InChI=1S/C24H43NO6/c1-2-3-4-5-6-7-8-9-10-11-12-13-14-18-25(19-15-22(26)27,20-16-23(28)29)21-17-24(30)31/h9-10H,2-8,11-21H2,1H3,(H2-,26,27,28,29,30,31)/b10-9+. The average molecular weight is 442 g/mol. The summed E-state index contributed by atoms with van der Waals surface area (Å²) < 4.78 is 0.209. The molecular weight excluding hydrogens is 398 g/mol. The molecule has 7 heteroatoms. The molecule has 180 valence electrons. The van der Waals surface area contributed by atoms with Crippen molar-refractivity contribution in [3.63, 3.8) is 0 Å². The number of nitrogens with zero attached hydrogens (tertiary/aromatic N) is 1. The van der Waals surface area contributed by atoms with Crippen LogP contribution in [-0.2, 0) is 14.4 Å². The molecular formula is C24H43NO6. The van der Waals surface area contributed by atoms with Crippen molar-refractivity contribution in [1.82, 2.24) is 0 Å². The van der Waals surface area contributed by atoms with Gasteiger partial charge in [-0.05, 0) is 38.5 Å². The van der Waals surface area contributed by atoms with E-state index in [-0.39, 0.29) is 43.4 Å². The van der Waals surface area contributed by atoms with Crippen molar-refractivity contribution in [2.24, 2.45) is 0 Å². The quantitative estimate of drug-likeness (QED) is 0.150. The Kier molecular flexibility index (Phi) is 17.7. The van der Waals surface area contributed by atoms with Crippen LogP contribution in [0.3, 0.4) is 0 Å². The number of allylic oxidation sites excluding steroid dienone is 2. The van der Waals surface area contributed by atoms with Crippen molar-refractivity contribution in [2.45, 2.75) is 96.8 Å². The van der Waals surface area contributed by atoms with E-state index in [1.165, 1.54) is 38.5 Å². The lowest BCUT2D eigenvalue weighted by molar-refractivity contribution is -0.927. The monoisotopic (exact) mass is 441 g/mol. The maximum atomic E-state index is 11.0. The lowest BCUT2D eigenvalue weighted by atomic mass is 10.1. The van der Waals surface area contributed by atoms with Gasteiger partial charge in [0.1, 0.15) is 0 Å². The Bertz CT molecular complexity index is 487. The van der Waals surface area contributed by atoms with Crippen molar-refractivity contribution < 1.29 is 34.2 Å². The van der Waals surface area contributed by atoms with Crippen molar-refractivity contribution in [2.75, 3.05) is 26.2 Å². The first-order valence-corrected chi connectivity index (χ1v) is 11.9. The van der Waals surface area contributed by atoms with Gasteiger partial charge in [-0.3, -0.25) is 9.59 Å². The van der Waals surface area contributed by atoms with Crippen LogP contribution in [0, 0.1) is 0 Å². The van der Waals surface area contributed by atoms with E-state index < -0.39 is 17.9 Å². The number of aliphatic carboxylic acids is 3. The summed E-state index contributed by atoms with van der Waals surface area (Å²) in [7, 11) is 0. The number of hydrogen-bond acceptors (Lipinski definition) is 4. The second kappa shape index (κ2) is 18.8. The summed E-state index contributed by atoms with van der Waals surface area (Å²) >= 11 is 0. The van der Waals surface area contributed by atoms with E-state index >= 15 is 0 Å². The summed E-state index contributed by atoms with van der Waals surface area (Å²) in [5, 5.41) is 29.1. The van der Waals surface area contributed by atoms with Gasteiger partial charge in [0.05, 0.1) is 39.0 Å². The van der Waals surface area contributed by atoms with Gasteiger partial charge in [0.2, 0.25) is 0 Å². The number of quaternary nitrogens is 1. The average Bonchev–Trinajstić information content (AvgIpc) is 2.72. The molecule has 0 spiro atoms. The maximum absolute atomic E-state index is 11.0. The SMILES string of the molecule is CCCCCCCC/C=C/CCCCC[N+](CCC(=O)[O-])(CCC(=O)O)CCC(=O)O. The summed E-state index contributed by atoms with van der Waals surface area (Å²) in [6.07, 6.45) is 16.8. The minimum Gasteiger partial charge on any atom is -0.550 e. The minimum atomic E-state index is -1.19. The number of unbranched alkanes of at least 4 members (excludes halogenated alkanes) is 9. The number of carbonyl (C=O) groups excluding carboxylic acids is 1. The van der Waals surface area contributed by atoms with Crippen LogP contribution in [-0.4, -0.2) is 58.8 Å². The Balaban J connectivity index is 4.34. The van der Waals surface area contributed by atoms with Crippen LogP contribution in [0.4, 0.5) is 0 Å². The Morgan fingerprint density at radius 3 is 1.61 bits per heavy atom. The van der Waals surface area contributed by atoms with E-state index in [0.29, 0.717) is 6.54 Å². The zero-order chi connectivity index (χ0) is 23.4. The number of carboxylic acid groups (broad SMARTS) is 3. The lowest BCUT2D eigenvalue weighted by Gasteiger charge is -2.38. The molecule has 0 aromatic heterocycles. The maximum Gasteiger partial charge on any atom is 0.309 e. The smallest absolute Gasteiger partial charge is 0.309 e. The third-order valence-electron chi connectivity index (χ3n) is 5.78. The van der Waals surface area contributed by atoms with Crippen molar-refractivity contribution >= 4 is 17.9 Å². The molecule has 0 amide bonds. The van der Waals surface area contributed by atoms with Gasteiger partial charge in [-0.25, -0.2) is 0 Å². The van der Waals surface area contributed by atoms with Crippen LogP contribution in [0.2, 0.25) is 0 Å². The molecule has 0 atom stereocenters. The predicted molar refractivity (Wildman–Crippen MR) is 119 cm³/mol. The number of hydrogen-bond donors (Lipinski definition) is 2. The molecule has 2 N–H and O–H groups in total. The van der Waals surface area contributed by atoms with Crippen molar-refractivity contribution in [3.8, 4) is 0 Å². The van der Waals surface area contributed by atoms with Crippen LogP contribution in [0.15, 0.2) is 12.2 Å². The highest BCUT2D eigenvalue weighted by molar-refractivity contribution is 5.67. The highest BCUT2D eigenvalue weighted by Crippen LogP contribution is 2.16. The first-order valence-electron chi connectivity index (χ1n) is 11.9. The molecule has 0 aromatic carbocycles. The number of rotatable bonds is 22. The van der Waals surface area contributed by atoms with Gasteiger partial charge in [-0.2, -0.15) is 0 Å². The highest BCUT2D eigenvalue weighted by Gasteiger charge is 2.28. The molecule has 0 aromatic rings. The van der Waals surface area contributed by atoms with Gasteiger partial charge < -0.3 is 24.6 Å². The topological polar surface area (TPSA) is 115 Å². The van der Waals surface area contributed by atoms with Crippen LogP contribution in [0.1, 0.15) is 96.8 Å². The molecule has 0 aliphatic carbocycles. The summed E-state index contributed by atoms with van der Waals surface area (Å²) in [5.74, 6) is -3.10. The van der Waals surface area contributed by atoms with Gasteiger partial charge in [-0.1, -0.05) is 51.2 Å². The minimum absolute atomic E-state index is 0.103. The Labute approximate surface area is 187 Å². The van der Waals surface area contributed by atoms with E-state index in [2.05, 4.69) is 19.1 Å². The lowest BCUT2D eigenvalue weighted by Crippen LogP contribution is -2.53. The van der Waals surface area contributed by atoms with Gasteiger partial charge in [-0.15, -0.1) is 0 Å². The molecule has 0 aliphatic rings. The van der Waals surface area contributed by atoms with Crippen LogP contribution >= 0.6 is 0 Å². The zero-order valence-corrected chi connectivity index (χ0v) is 19.4. The van der Waals surface area contributed by atoms with E-state index in [4.69, 9.17) is 10.2 Å². The predicted octanol–water partition coefficient (Wildman–Crippen LogP) is 3.76. The third-order valence-corrected chi connectivity index (χ3v) is 5.78. The Morgan fingerprint density at radius 1 is 0.677 bits per heavy atom. The Hall–Kier alpha value is -1.89. The van der Waals surface area contributed by atoms with Gasteiger partial charge >= 0.3 is 11.9 Å². The fraction of sp³-hybridized carbons (Fsp3) is 0.792. The normalized spacial score (nSPS) is 11.8.